The van der Waals surface area contributed by atoms with Crippen molar-refractivity contribution in [1.29, 1.82) is 0 Å². The number of nitrogens with one attached hydrogen (secondary N) is 1. The highest BCUT2D eigenvalue weighted by atomic mass is 35.5. The Morgan fingerprint density at radius 1 is 1.42 bits per heavy atom. The average Bonchev–Trinajstić information content (AvgIpc) is 2.81. The largest absolute Gasteiger partial charge is 0.496 e. The van der Waals surface area contributed by atoms with Crippen LogP contribution in [0.4, 0.5) is 0 Å². The third-order valence-corrected chi connectivity index (χ3v) is 4.55. The summed E-state index contributed by atoms with van der Waals surface area (Å²) in [5.41, 5.74) is 1.19. The minimum Gasteiger partial charge on any atom is -0.496 e. The van der Waals surface area contributed by atoms with Crippen molar-refractivity contribution in [3.05, 3.63) is 28.8 Å². The molecular weight excluding hydrogens is 260 g/mol. The second-order valence-corrected chi connectivity index (χ2v) is 6.05. The Hall–Kier alpha value is -0.770. The maximum absolute atomic E-state index is 6.09. The van der Waals surface area contributed by atoms with Crippen LogP contribution in [-0.4, -0.2) is 37.7 Å². The molecule has 0 amide bonds. The number of fused-ring (bicyclic) bond motifs is 1. The summed E-state index contributed by atoms with van der Waals surface area (Å²) in [5, 5.41) is 4.42. The fourth-order valence-electron chi connectivity index (χ4n) is 3.38. The zero-order valence-corrected chi connectivity index (χ0v) is 12.1. The van der Waals surface area contributed by atoms with E-state index in [9.17, 15) is 0 Å². The molecule has 1 aromatic carbocycles. The first-order valence-electron chi connectivity index (χ1n) is 7.04. The number of benzene rings is 1. The predicted octanol–water partition coefficient (Wildman–Crippen LogP) is 2.53. The van der Waals surface area contributed by atoms with Crippen molar-refractivity contribution in [1.82, 2.24) is 10.2 Å². The van der Waals surface area contributed by atoms with Crippen molar-refractivity contribution in [3.63, 3.8) is 0 Å². The van der Waals surface area contributed by atoms with Crippen molar-refractivity contribution in [2.75, 3.05) is 26.7 Å². The predicted molar refractivity (Wildman–Crippen MR) is 77.8 cm³/mol. The quantitative estimate of drug-likeness (QED) is 0.921. The van der Waals surface area contributed by atoms with E-state index in [1.54, 1.807) is 7.11 Å². The van der Waals surface area contributed by atoms with E-state index in [2.05, 4.69) is 10.2 Å². The number of nitrogens with zero attached hydrogens (tertiary/aromatic N) is 1. The van der Waals surface area contributed by atoms with Crippen LogP contribution in [0, 0.1) is 5.92 Å². The van der Waals surface area contributed by atoms with Crippen LogP contribution in [0.5, 0.6) is 5.75 Å². The lowest BCUT2D eigenvalue weighted by molar-refractivity contribution is 0.305. The fourth-order valence-corrected chi connectivity index (χ4v) is 3.57. The van der Waals surface area contributed by atoms with E-state index in [-0.39, 0.29) is 0 Å². The number of likely N-dealkylation sites (tertiary alicyclic amines) is 1. The van der Waals surface area contributed by atoms with Gasteiger partial charge in [-0.1, -0.05) is 11.6 Å². The molecule has 3 rings (SSSR count). The summed E-state index contributed by atoms with van der Waals surface area (Å²) in [4.78, 5) is 2.52. The molecule has 2 aliphatic heterocycles. The maximum atomic E-state index is 6.09. The monoisotopic (exact) mass is 280 g/mol. The van der Waals surface area contributed by atoms with Gasteiger partial charge < -0.3 is 10.1 Å². The van der Waals surface area contributed by atoms with E-state index in [4.69, 9.17) is 16.3 Å². The molecule has 0 radical (unpaired) electrons. The lowest BCUT2D eigenvalue weighted by Crippen LogP contribution is -2.40. The number of hydrogen-bond donors (Lipinski definition) is 1. The third-order valence-electron chi connectivity index (χ3n) is 4.31. The molecule has 0 bridgehead atoms. The maximum Gasteiger partial charge on any atom is 0.123 e. The van der Waals surface area contributed by atoms with Gasteiger partial charge in [-0.25, -0.2) is 0 Å². The number of halogens is 1. The average molecular weight is 281 g/mol. The van der Waals surface area contributed by atoms with Crippen LogP contribution in [0.15, 0.2) is 18.2 Å². The van der Waals surface area contributed by atoms with Gasteiger partial charge in [0.05, 0.1) is 7.11 Å². The molecule has 0 saturated carbocycles. The number of hydrogen-bond acceptors (Lipinski definition) is 3. The minimum atomic E-state index is 0.680. The molecule has 1 aromatic rings. The summed E-state index contributed by atoms with van der Waals surface area (Å²) >= 11 is 6.09. The summed E-state index contributed by atoms with van der Waals surface area (Å²) < 4.78 is 5.43. The highest BCUT2D eigenvalue weighted by molar-refractivity contribution is 6.30. The standard InChI is InChI=1S/C15H21ClN2O/c1-19-15-5-4-13(16)7-12(15)9-18-8-11-3-2-6-17-14(11)10-18/h4-5,7,11,14,17H,2-3,6,8-10H2,1H3/t11-,14+/m0/s1. The summed E-state index contributed by atoms with van der Waals surface area (Å²) in [5.74, 6) is 1.76. The highest BCUT2D eigenvalue weighted by Gasteiger charge is 2.34. The van der Waals surface area contributed by atoms with Gasteiger partial charge in [0.2, 0.25) is 0 Å². The Balaban J connectivity index is 1.70. The first-order valence-corrected chi connectivity index (χ1v) is 7.42. The van der Waals surface area contributed by atoms with Crippen molar-refractivity contribution in [2.45, 2.75) is 25.4 Å². The van der Waals surface area contributed by atoms with Gasteiger partial charge in [-0.05, 0) is 43.5 Å². The van der Waals surface area contributed by atoms with Gasteiger partial charge in [-0.3, -0.25) is 4.90 Å². The Bertz CT molecular complexity index is 438. The second kappa shape index (κ2) is 5.70. The Kier molecular flexibility index (Phi) is 3.96. The topological polar surface area (TPSA) is 24.5 Å². The second-order valence-electron chi connectivity index (χ2n) is 5.61. The molecule has 2 fully saturated rings. The van der Waals surface area contributed by atoms with Gasteiger partial charge in [0, 0.05) is 36.3 Å². The summed E-state index contributed by atoms with van der Waals surface area (Å²) in [6, 6.07) is 6.54. The van der Waals surface area contributed by atoms with E-state index in [0.717, 1.165) is 29.8 Å². The lowest BCUT2D eigenvalue weighted by atomic mass is 9.94. The number of ether oxygens (including phenoxy) is 1. The van der Waals surface area contributed by atoms with Gasteiger partial charge >= 0.3 is 0 Å². The lowest BCUT2D eigenvalue weighted by Gasteiger charge is -2.24. The summed E-state index contributed by atoms with van der Waals surface area (Å²) in [7, 11) is 1.72. The van der Waals surface area contributed by atoms with Gasteiger partial charge in [-0.15, -0.1) is 0 Å². The van der Waals surface area contributed by atoms with E-state index < -0.39 is 0 Å². The van der Waals surface area contributed by atoms with Crippen molar-refractivity contribution in [3.8, 4) is 5.75 Å². The minimum absolute atomic E-state index is 0.680. The van der Waals surface area contributed by atoms with Crippen LogP contribution in [0.1, 0.15) is 18.4 Å². The zero-order chi connectivity index (χ0) is 13.2. The molecule has 0 aromatic heterocycles. The fraction of sp³-hybridized carbons (Fsp3) is 0.600. The Labute approximate surface area is 119 Å². The van der Waals surface area contributed by atoms with Gasteiger partial charge in [0.25, 0.3) is 0 Å². The molecule has 4 heteroatoms. The molecule has 2 aliphatic rings. The first kappa shape index (κ1) is 13.2. The van der Waals surface area contributed by atoms with Crippen LogP contribution in [0.25, 0.3) is 0 Å². The van der Waals surface area contributed by atoms with Crippen molar-refractivity contribution in [2.24, 2.45) is 5.92 Å². The first-order chi connectivity index (χ1) is 9.26. The van der Waals surface area contributed by atoms with Gasteiger partial charge in [-0.2, -0.15) is 0 Å². The third kappa shape index (κ3) is 2.88. The van der Waals surface area contributed by atoms with Crippen LogP contribution in [0.2, 0.25) is 5.02 Å². The molecule has 2 heterocycles. The molecule has 0 spiro atoms. The normalized spacial score (nSPS) is 27.3. The highest BCUT2D eigenvalue weighted by Crippen LogP contribution is 2.29. The molecule has 3 nitrogen and oxygen atoms in total. The summed E-state index contributed by atoms with van der Waals surface area (Å²) in [6.07, 6.45) is 2.68. The van der Waals surface area contributed by atoms with Crippen LogP contribution >= 0.6 is 11.6 Å². The van der Waals surface area contributed by atoms with E-state index in [1.807, 2.05) is 18.2 Å². The smallest absolute Gasteiger partial charge is 0.123 e. The molecular formula is C15H21ClN2O. The van der Waals surface area contributed by atoms with Gasteiger partial charge in [0.1, 0.15) is 5.75 Å². The Morgan fingerprint density at radius 2 is 2.32 bits per heavy atom. The molecule has 2 atom stereocenters. The SMILES string of the molecule is COc1ccc(Cl)cc1CN1C[C@@H]2CCCN[C@@H]2C1. The number of piperidine rings is 1. The Morgan fingerprint density at radius 3 is 3.11 bits per heavy atom. The van der Waals surface area contributed by atoms with Crippen LogP contribution < -0.4 is 10.1 Å². The van der Waals surface area contributed by atoms with E-state index in [0.29, 0.717) is 6.04 Å². The van der Waals surface area contributed by atoms with Crippen LogP contribution in [0.3, 0.4) is 0 Å². The zero-order valence-electron chi connectivity index (χ0n) is 11.4. The van der Waals surface area contributed by atoms with E-state index in [1.165, 1.54) is 31.5 Å². The van der Waals surface area contributed by atoms with Crippen molar-refractivity contribution < 1.29 is 4.74 Å². The number of rotatable bonds is 3. The van der Waals surface area contributed by atoms with Gasteiger partial charge in [0.15, 0.2) is 0 Å². The molecule has 19 heavy (non-hydrogen) atoms. The van der Waals surface area contributed by atoms with Crippen LogP contribution in [-0.2, 0) is 6.54 Å². The van der Waals surface area contributed by atoms with E-state index >= 15 is 0 Å². The number of methoxy groups -OCH3 is 1. The molecule has 104 valence electrons. The van der Waals surface area contributed by atoms with Crippen molar-refractivity contribution >= 4 is 11.6 Å². The molecule has 0 aliphatic carbocycles. The summed E-state index contributed by atoms with van der Waals surface area (Å²) in [6.45, 7) is 4.43. The molecule has 2 saturated heterocycles. The molecule has 0 unspecified atom stereocenters. The molecule has 1 N–H and O–H groups in total.